The van der Waals surface area contributed by atoms with Crippen molar-refractivity contribution in [3.63, 3.8) is 0 Å². The Morgan fingerprint density at radius 3 is 2.54 bits per heavy atom. The minimum absolute atomic E-state index is 0.171. The average Bonchev–Trinajstić information content (AvgIpc) is 2.69. The number of aromatic nitrogens is 3. The lowest BCUT2D eigenvalue weighted by atomic mass is 9.90. The molecule has 2 saturated heterocycles. The van der Waals surface area contributed by atoms with Gasteiger partial charge >= 0.3 is 0 Å². The summed E-state index contributed by atoms with van der Waals surface area (Å²) in [5.74, 6) is 1.95. The average molecular weight is 354 g/mol. The summed E-state index contributed by atoms with van der Waals surface area (Å²) in [6, 6.07) is 4.23. The zero-order valence-corrected chi connectivity index (χ0v) is 15.5. The summed E-state index contributed by atoms with van der Waals surface area (Å²) in [6.45, 7) is 4.30. The van der Waals surface area contributed by atoms with Crippen LogP contribution in [-0.2, 0) is 4.74 Å². The fraction of sp³-hybridized carbons (Fsp3) is 0.526. The Morgan fingerprint density at radius 1 is 1.00 bits per heavy atom. The van der Waals surface area contributed by atoms with Crippen molar-refractivity contribution < 1.29 is 4.74 Å². The highest BCUT2D eigenvalue weighted by Gasteiger charge is 2.41. The van der Waals surface area contributed by atoms with E-state index in [9.17, 15) is 0 Å². The molecule has 0 bridgehead atoms. The molecule has 0 amide bonds. The Hall–Kier alpha value is -2.41. The van der Waals surface area contributed by atoms with Gasteiger partial charge in [0.25, 0.3) is 0 Å². The third-order valence-electron chi connectivity index (χ3n) is 5.23. The molecule has 4 rings (SSSR count). The van der Waals surface area contributed by atoms with Crippen LogP contribution in [0.2, 0.25) is 0 Å². The number of ether oxygens (including phenoxy) is 1. The molecular formula is C19H26N6O. The van der Waals surface area contributed by atoms with Gasteiger partial charge in [-0.05, 0) is 25.0 Å². The second kappa shape index (κ2) is 7.07. The van der Waals surface area contributed by atoms with E-state index in [4.69, 9.17) is 4.74 Å². The number of nitrogens with zero attached hydrogens (tertiary/aromatic N) is 6. The van der Waals surface area contributed by atoms with Gasteiger partial charge in [0.2, 0.25) is 0 Å². The maximum Gasteiger partial charge on any atom is 0.147 e. The van der Waals surface area contributed by atoms with Crippen molar-refractivity contribution in [1.29, 1.82) is 0 Å². The van der Waals surface area contributed by atoms with E-state index in [0.29, 0.717) is 0 Å². The molecule has 4 heterocycles. The molecule has 1 spiro atoms. The molecule has 1 unspecified atom stereocenters. The maximum absolute atomic E-state index is 6.30. The topological polar surface area (TPSA) is 57.6 Å². The fourth-order valence-corrected chi connectivity index (χ4v) is 3.87. The molecule has 0 radical (unpaired) electrons. The van der Waals surface area contributed by atoms with Crippen LogP contribution < -0.4 is 14.7 Å². The largest absolute Gasteiger partial charge is 0.376 e. The second-order valence-corrected chi connectivity index (χ2v) is 7.31. The lowest BCUT2D eigenvalue weighted by Crippen LogP contribution is -2.60. The quantitative estimate of drug-likeness (QED) is 0.833. The molecule has 26 heavy (non-hydrogen) atoms. The van der Waals surface area contributed by atoms with Crippen LogP contribution >= 0.6 is 0 Å². The molecule has 7 heteroatoms. The second-order valence-electron chi connectivity index (χ2n) is 7.31. The number of hydrogen-bond donors (Lipinski definition) is 0. The van der Waals surface area contributed by atoms with Gasteiger partial charge in [-0.15, -0.1) is 0 Å². The number of morpholine rings is 1. The van der Waals surface area contributed by atoms with Gasteiger partial charge in [-0.1, -0.05) is 0 Å². The molecule has 0 saturated carbocycles. The highest BCUT2D eigenvalue weighted by Crippen LogP contribution is 2.32. The maximum atomic E-state index is 6.30. The van der Waals surface area contributed by atoms with Gasteiger partial charge in [-0.2, -0.15) is 0 Å². The number of hydrogen-bond acceptors (Lipinski definition) is 7. The summed E-state index contributed by atoms with van der Waals surface area (Å²) in [4.78, 5) is 20.1. The molecule has 2 fully saturated rings. The first-order valence-electron chi connectivity index (χ1n) is 9.18. The molecule has 0 N–H and O–H groups in total. The molecule has 1 atom stereocenters. The Kier molecular flexibility index (Phi) is 4.63. The van der Waals surface area contributed by atoms with Crippen molar-refractivity contribution in [3.8, 4) is 0 Å². The summed E-state index contributed by atoms with van der Waals surface area (Å²) in [7, 11) is 4.06. The van der Waals surface area contributed by atoms with Gasteiger partial charge in [-0.25, -0.2) is 9.97 Å². The van der Waals surface area contributed by atoms with E-state index in [0.717, 1.165) is 63.0 Å². The molecule has 138 valence electrons. The monoisotopic (exact) mass is 354 g/mol. The summed E-state index contributed by atoms with van der Waals surface area (Å²) in [5.41, 5.74) is 0.943. The van der Waals surface area contributed by atoms with Crippen LogP contribution in [-0.4, -0.2) is 67.4 Å². The Labute approximate surface area is 154 Å². The van der Waals surface area contributed by atoms with Crippen molar-refractivity contribution in [3.05, 3.63) is 36.9 Å². The van der Waals surface area contributed by atoms with E-state index in [1.165, 1.54) is 0 Å². The molecule has 2 aromatic heterocycles. The number of rotatable bonds is 3. The van der Waals surface area contributed by atoms with Crippen molar-refractivity contribution in [2.24, 2.45) is 0 Å². The van der Waals surface area contributed by atoms with Crippen LogP contribution in [0, 0.1) is 0 Å². The van der Waals surface area contributed by atoms with Gasteiger partial charge < -0.3 is 19.4 Å². The number of anilines is 3. The summed E-state index contributed by atoms with van der Waals surface area (Å²) in [5, 5.41) is 0. The minimum Gasteiger partial charge on any atom is -0.376 e. The Balaban J connectivity index is 1.50. The zero-order valence-electron chi connectivity index (χ0n) is 15.5. The molecule has 2 aromatic rings. The van der Waals surface area contributed by atoms with E-state index in [1.807, 2.05) is 26.5 Å². The van der Waals surface area contributed by atoms with Crippen LogP contribution in [0.25, 0.3) is 0 Å². The number of pyridine rings is 1. The Bertz CT molecular complexity index is 719. The van der Waals surface area contributed by atoms with Crippen LogP contribution in [0.1, 0.15) is 12.8 Å². The van der Waals surface area contributed by atoms with E-state index < -0.39 is 0 Å². The third kappa shape index (κ3) is 3.44. The molecule has 2 aliphatic heterocycles. The van der Waals surface area contributed by atoms with E-state index in [2.05, 4.69) is 41.8 Å². The van der Waals surface area contributed by atoms with Gasteiger partial charge in [0, 0.05) is 39.6 Å². The van der Waals surface area contributed by atoms with Crippen LogP contribution in [0.3, 0.4) is 0 Å². The van der Waals surface area contributed by atoms with Gasteiger partial charge in [0.05, 0.1) is 37.8 Å². The molecular weight excluding hydrogens is 328 g/mol. The predicted octanol–water partition coefficient (Wildman–Crippen LogP) is 1.81. The van der Waals surface area contributed by atoms with Crippen LogP contribution in [0.4, 0.5) is 17.3 Å². The van der Waals surface area contributed by atoms with Gasteiger partial charge in [0.1, 0.15) is 17.2 Å². The smallest absolute Gasteiger partial charge is 0.147 e. The fourth-order valence-electron chi connectivity index (χ4n) is 3.87. The minimum atomic E-state index is -0.171. The predicted molar refractivity (Wildman–Crippen MR) is 103 cm³/mol. The molecule has 2 aliphatic rings. The van der Waals surface area contributed by atoms with Crippen molar-refractivity contribution in [1.82, 2.24) is 15.0 Å². The highest BCUT2D eigenvalue weighted by molar-refractivity contribution is 5.50. The molecule has 0 aromatic carbocycles. The SMILES string of the molecule is CN(C)c1ccc(N2CCCC3(C2)CN(c2cnccn2)CCO3)nc1. The zero-order chi connectivity index (χ0) is 18.0. The van der Waals surface area contributed by atoms with Crippen molar-refractivity contribution >= 4 is 17.3 Å². The standard InChI is InChI=1S/C19H26N6O/c1-23(2)16-4-5-17(22-12-16)24-9-3-6-19(14-24)15-25(10-11-26-19)18-13-20-7-8-21-18/h4-5,7-8,12-13H,3,6,9-11,14-15H2,1-2H3. The molecule has 7 nitrogen and oxygen atoms in total. The normalized spacial score (nSPS) is 23.3. The highest BCUT2D eigenvalue weighted by atomic mass is 16.5. The van der Waals surface area contributed by atoms with Crippen LogP contribution in [0.5, 0.6) is 0 Å². The first kappa shape index (κ1) is 17.0. The number of piperidine rings is 1. The first-order valence-corrected chi connectivity index (χ1v) is 9.18. The molecule has 0 aliphatic carbocycles. The van der Waals surface area contributed by atoms with E-state index >= 15 is 0 Å². The van der Waals surface area contributed by atoms with Crippen molar-refractivity contribution in [2.45, 2.75) is 18.4 Å². The summed E-state index contributed by atoms with van der Waals surface area (Å²) in [6.07, 6.45) is 9.40. The van der Waals surface area contributed by atoms with E-state index in [-0.39, 0.29) is 5.60 Å². The van der Waals surface area contributed by atoms with Crippen LogP contribution in [0.15, 0.2) is 36.9 Å². The summed E-state index contributed by atoms with van der Waals surface area (Å²) >= 11 is 0. The summed E-state index contributed by atoms with van der Waals surface area (Å²) < 4.78 is 6.30. The third-order valence-corrected chi connectivity index (χ3v) is 5.23. The van der Waals surface area contributed by atoms with E-state index in [1.54, 1.807) is 12.4 Å². The van der Waals surface area contributed by atoms with Gasteiger partial charge in [0.15, 0.2) is 0 Å². The van der Waals surface area contributed by atoms with Crippen molar-refractivity contribution in [2.75, 3.05) is 61.6 Å². The van der Waals surface area contributed by atoms with Gasteiger partial charge in [-0.3, -0.25) is 4.98 Å². The lowest BCUT2D eigenvalue weighted by Gasteiger charge is -2.48. The first-order chi connectivity index (χ1) is 12.7. The lowest BCUT2D eigenvalue weighted by molar-refractivity contribution is -0.0632. The Morgan fingerprint density at radius 2 is 1.85 bits per heavy atom.